The number of hydrogen-bond donors (Lipinski definition) is 2. The molecule has 10 rings (SSSR count). The summed E-state index contributed by atoms with van der Waals surface area (Å²) in [6, 6.07) is 68.2. The van der Waals surface area contributed by atoms with Crippen LogP contribution in [0.1, 0.15) is 33.4 Å². The van der Waals surface area contributed by atoms with Crippen LogP contribution in [0.15, 0.2) is 198 Å². The zero-order valence-electron chi connectivity index (χ0n) is 30.7. The fraction of sp³-hybridized carbons (Fsp3) is 0.0588. The summed E-state index contributed by atoms with van der Waals surface area (Å²) in [4.78, 5) is 4.65. The Morgan fingerprint density at radius 2 is 0.804 bits per heavy atom. The maximum Gasteiger partial charge on any atom is 0.0726 e. The van der Waals surface area contributed by atoms with Crippen LogP contribution in [-0.4, -0.2) is 0 Å². The molecular formula is C51H39N3S2. The lowest BCUT2D eigenvalue weighted by molar-refractivity contribution is 0.794. The largest absolute Gasteiger partial charge is 0.398 e. The van der Waals surface area contributed by atoms with Crippen molar-refractivity contribution in [3.05, 3.63) is 221 Å². The average molecular weight is 758 g/mol. The number of hydrogen-bond acceptors (Lipinski definition) is 5. The molecule has 2 aliphatic carbocycles. The molecule has 0 aliphatic heterocycles. The Hall–Kier alpha value is -6.14. The van der Waals surface area contributed by atoms with Crippen molar-refractivity contribution in [1.29, 1.82) is 0 Å². The van der Waals surface area contributed by atoms with Crippen molar-refractivity contribution in [2.75, 3.05) is 16.4 Å². The van der Waals surface area contributed by atoms with Gasteiger partial charge in [0.15, 0.2) is 0 Å². The minimum absolute atomic E-state index is 0.415. The number of nitrogens with zero attached hydrogens (tertiary/aromatic N) is 1. The van der Waals surface area contributed by atoms with E-state index in [4.69, 9.17) is 11.5 Å². The standard InChI is InChI=1S/C51H39N3S2/c52-45-19-7-9-22-48(45)55-32-34-24-28-36(29-25-34)54(37-30-26-35(27-31-37)33-56-49-23-10-8-20-46(49)53)47-21-11-18-44-50(47)40-14-3-6-17-43(40)51(44)41-15-4-1-12-38(41)39-13-2-5-16-42(39)51/h1-31H,32-33,52-53H2. The molecule has 0 saturated heterocycles. The van der Waals surface area contributed by atoms with Gasteiger partial charge in [-0.15, -0.1) is 23.5 Å². The Kier molecular flexibility index (Phi) is 8.70. The van der Waals surface area contributed by atoms with Crippen LogP contribution in [-0.2, 0) is 16.9 Å². The monoisotopic (exact) mass is 757 g/mol. The van der Waals surface area contributed by atoms with Gasteiger partial charge in [0.2, 0.25) is 0 Å². The summed E-state index contributed by atoms with van der Waals surface area (Å²) in [6.07, 6.45) is 0. The molecule has 0 amide bonds. The fourth-order valence-electron chi connectivity index (χ4n) is 8.77. The normalized spacial score (nSPS) is 12.9. The molecule has 2 aliphatic rings. The van der Waals surface area contributed by atoms with Crippen molar-refractivity contribution in [1.82, 2.24) is 0 Å². The smallest absolute Gasteiger partial charge is 0.0726 e. The number of rotatable bonds is 9. The van der Waals surface area contributed by atoms with E-state index in [-0.39, 0.29) is 0 Å². The number of anilines is 5. The molecule has 5 heteroatoms. The van der Waals surface area contributed by atoms with E-state index in [9.17, 15) is 0 Å². The van der Waals surface area contributed by atoms with Crippen LogP contribution < -0.4 is 16.4 Å². The Morgan fingerprint density at radius 3 is 1.30 bits per heavy atom. The second-order valence-electron chi connectivity index (χ2n) is 14.4. The molecule has 0 fully saturated rings. The van der Waals surface area contributed by atoms with Crippen molar-refractivity contribution in [3.8, 4) is 22.3 Å². The molecule has 0 radical (unpaired) electrons. The second kappa shape index (κ2) is 14.2. The van der Waals surface area contributed by atoms with E-state index < -0.39 is 5.41 Å². The van der Waals surface area contributed by atoms with Crippen LogP contribution >= 0.6 is 23.5 Å². The zero-order chi connectivity index (χ0) is 37.6. The number of thioether (sulfide) groups is 2. The molecule has 3 nitrogen and oxygen atoms in total. The van der Waals surface area contributed by atoms with E-state index in [1.54, 1.807) is 23.5 Å². The molecule has 8 aromatic carbocycles. The highest BCUT2D eigenvalue weighted by Gasteiger charge is 2.52. The molecule has 1 spiro atoms. The van der Waals surface area contributed by atoms with Gasteiger partial charge in [0.1, 0.15) is 0 Å². The first kappa shape index (κ1) is 34.4. The second-order valence-corrected chi connectivity index (χ2v) is 16.4. The molecule has 4 N–H and O–H groups in total. The van der Waals surface area contributed by atoms with Gasteiger partial charge in [0.05, 0.1) is 11.1 Å². The van der Waals surface area contributed by atoms with E-state index in [2.05, 4.69) is 157 Å². The molecule has 0 heterocycles. The summed E-state index contributed by atoms with van der Waals surface area (Å²) >= 11 is 3.54. The SMILES string of the molecule is Nc1ccccc1SCc1ccc(N(c2ccc(CSc3ccccc3N)cc2)c2cccc3c2-c2ccccc2C32c3ccccc3-c3ccccc32)cc1. The topological polar surface area (TPSA) is 55.3 Å². The van der Waals surface area contributed by atoms with Gasteiger partial charge < -0.3 is 16.4 Å². The molecule has 8 aromatic rings. The highest BCUT2D eigenvalue weighted by atomic mass is 32.2. The van der Waals surface area contributed by atoms with Crippen LogP contribution in [0.5, 0.6) is 0 Å². The molecule has 0 aromatic heterocycles. The summed E-state index contributed by atoms with van der Waals surface area (Å²) in [7, 11) is 0. The highest BCUT2D eigenvalue weighted by Crippen LogP contribution is 2.64. The van der Waals surface area contributed by atoms with Crippen molar-refractivity contribution in [2.24, 2.45) is 0 Å². The quantitative estimate of drug-likeness (QED) is 0.113. The molecule has 0 atom stereocenters. The minimum atomic E-state index is -0.415. The lowest BCUT2D eigenvalue weighted by Crippen LogP contribution is -2.26. The minimum Gasteiger partial charge on any atom is -0.398 e. The molecular weight excluding hydrogens is 719 g/mol. The predicted molar refractivity (Wildman–Crippen MR) is 238 cm³/mol. The van der Waals surface area contributed by atoms with Crippen molar-refractivity contribution >= 4 is 52.0 Å². The number of para-hydroxylation sites is 2. The number of benzene rings is 8. The third kappa shape index (κ3) is 5.61. The van der Waals surface area contributed by atoms with Crippen LogP contribution in [0.25, 0.3) is 22.3 Å². The number of nitrogen functional groups attached to an aromatic ring is 2. The number of nitrogens with two attached hydrogens (primary N) is 2. The molecule has 56 heavy (non-hydrogen) atoms. The van der Waals surface area contributed by atoms with Crippen molar-refractivity contribution in [2.45, 2.75) is 26.7 Å². The first-order chi connectivity index (χ1) is 27.6. The third-order valence-electron chi connectivity index (χ3n) is 11.3. The Bertz CT molecular complexity index is 2600. The fourth-order valence-corrected chi connectivity index (χ4v) is 10.6. The van der Waals surface area contributed by atoms with Gasteiger partial charge in [0, 0.05) is 49.6 Å². The van der Waals surface area contributed by atoms with E-state index in [1.807, 2.05) is 36.4 Å². The van der Waals surface area contributed by atoms with Crippen molar-refractivity contribution in [3.63, 3.8) is 0 Å². The Balaban J connectivity index is 1.10. The molecule has 270 valence electrons. The van der Waals surface area contributed by atoms with Gasteiger partial charge in [-0.1, -0.05) is 133 Å². The summed E-state index contributed by atoms with van der Waals surface area (Å²) in [5.41, 5.74) is 30.2. The number of fused-ring (bicyclic) bond motifs is 10. The van der Waals surface area contributed by atoms with E-state index >= 15 is 0 Å². The highest BCUT2D eigenvalue weighted by molar-refractivity contribution is 7.99. The van der Waals surface area contributed by atoms with Gasteiger partial charge in [0.25, 0.3) is 0 Å². The van der Waals surface area contributed by atoms with Crippen LogP contribution in [0.4, 0.5) is 28.4 Å². The Labute approximate surface area is 337 Å². The lowest BCUT2D eigenvalue weighted by atomic mass is 9.70. The average Bonchev–Trinajstić information content (AvgIpc) is 3.72. The van der Waals surface area contributed by atoms with Crippen molar-refractivity contribution < 1.29 is 0 Å². The zero-order valence-corrected chi connectivity index (χ0v) is 32.4. The van der Waals surface area contributed by atoms with Gasteiger partial charge >= 0.3 is 0 Å². The predicted octanol–water partition coefficient (Wildman–Crippen LogP) is 13.2. The first-order valence-electron chi connectivity index (χ1n) is 19.0. The summed E-state index contributed by atoms with van der Waals surface area (Å²) in [5.74, 6) is 1.67. The van der Waals surface area contributed by atoms with Gasteiger partial charge in [-0.2, -0.15) is 0 Å². The molecule has 0 bridgehead atoms. The van der Waals surface area contributed by atoms with E-state index in [1.165, 1.54) is 55.6 Å². The summed E-state index contributed by atoms with van der Waals surface area (Å²) in [5, 5.41) is 0. The maximum atomic E-state index is 6.28. The van der Waals surface area contributed by atoms with E-state index in [0.717, 1.165) is 49.7 Å². The van der Waals surface area contributed by atoms with Gasteiger partial charge in [-0.3, -0.25) is 0 Å². The lowest BCUT2D eigenvalue weighted by Gasteiger charge is -2.32. The van der Waals surface area contributed by atoms with Gasteiger partial charge in [-0.25, -0.2) is 0 Å². The molecule has 0 saturated carbocycles. The molecule has 0 unspecified atom stereocenters. The van der Waals surface area contributed by atoms with E-state index in [0.29, 0.717) is 0 Å². The van der Waals surface area contributed by atoms with Crippen LogP contribution in [0.3, 0.4) is 0 Å². The summed E-state index contributed by atoms with van der Waals surface area (Å²) in [6.45, 7) is 0. The Morgan fingerprint density at radius 1 is 0.393 bits per heavy atom. The van der Waals surface area contributed by atoms with Gasteiger partial charge in [-0.05, 0) is 105 Å². The van der Waals surface area contributed by atoms with Crippen LogP contribution in [0, 0.1) is 0 Å². The van der Waals surface area contributed by atoms with Crippen LogP contribution in [0.2, 0.25) is 0 Å². The maximum absolute atomic E-state index is 6.28. The third-order valence-corrected chi connectivity index (χ3v) is 13.6. The first-order valence-corrected chi connectivity index (χ1v) is 20.9. The summed E-state index contributed by atoms with van der Waals surface area (Å²) < 4.78 is 0.